The van der Waals surface area contributed by atoms with Gasteiger partial charge in [0.2, 0.25) is 0 Å². The van der Waals surface area contributed by atoms with Gasteiger partial charge < -0.3 is 19.2 Å². The van der Waals surface area contributed by atoms with E-state index < -0.39 is 28.8 Å². The fourth-order valence-corrected chi connectivity index (χ4v) is 2.69. The number of dihydropyridines is 1. The molecular weight excluding hydrogens is 320 g/mol. The maximum Gasteiger partial charge on any atom is 0.438 e. The number of nitrogens with one attached hydrogen (secondary N) is 1. The Morgan fingerprint density at radius 1 is 1.25 bits per heavy atom. The summed E-state index contributed by atoms with van der Waals surface area (Å²) in [6.07, 6.45) is 1.16. The van der Waals surface area contributed by atoms with Crippen LogP contribution in [-0.2, 0) is 19.1 Å². The minimum atomic E-state index is -0.884. The average molecular weight is 336 g/mol. The third-order valence-corrected chi connectivity index (χ3v) is 3.75. The number of ether oxygens (including phenoxy) is 2. The normalized spacial score (nSPS) is 17.4. The number of nitro groups is 1. The Morgan fingerprint density at radius 2 is 1.88 bits per heavy atom. The minimum Gasteiger partial charge on any atom is -0.466 e. The van der Waals surface area contributed by atoms with Crippen LogP contribution in [0.4, 0.5) is 5.88 Å². The van der Waals surface area contributed by atoms with Crippen molar-refractivity contribution in [2.75, 3.05) is 14.2 Å². The molecule has 0 radical (unpaired) electrons. The van der Waals surface area contributed by atoms with Crippen molar-refractivity contribution < 1.29 is 28.4 Å². The van der Waals surface area contributed by atoms with Crippen LogP contribution in [0.2, 0.25) is 0 Å². The lowest BCUT2D eigenvalue weighted by Gasteiger charge is -2.28. The van der Waals surface area contributed by atoms with Gasteiger partial charge in [-0.25, -0.2) is 9.59 Å². The number of carbonyl (C=O) groups is 2. The highest BCUT2D eigenvalue weighted by Gasteiger charge is 2.38. The van der Waals surface area contributed by atoms with Crippen LogP contribution in [0, 0.1) is 10.1 Å². The van der Waals surface area contributed by atoms with Crippen molar-refractivity contribution in [2.45, 2.75) is 19.9 Å². The van der Waals surface area contributed by atoms with Gasteiger partial charge in [0.05, 0.1) is 37.7 Å². The lowest BCUT2D eigenvalue weighted by Crippen LogP contribution is -2.33. The molecule has 2 heterocycles. The highest BCUT2D eigenvalue weighted by molar-refractivity contribution is 6.00. The van der Waals surface area contributed by atoms with Gasteiger partial charge in [-0.2, -0.15) is 0 Å². The van der Waals surface area contributed by atoms with Gasteiger partial charge in [-0.1, -0.05) is 0 Å². The summed E-state index contributed by atoms with van der Waals surface area (Å²) in [4.78, 5) is 34.6. The van der Waals surface area contributed by atoms with E-state index in [-0.39, 0.29) is 16.7 Å². The van der Waals surface area contributed by atoms with Gasteiger partial charge in [0.25, 0.3) is 0 Å². The number of hydrogen-bond donors (Lipinski definition) is 1. The molecule has 0 aliphatic carbocycles. The second-order valence-corrected chi connectivity index (χ2v) is 5.04. The topological polar surface area (TPSA) is 121 Å². The van der Waals surface area contributed by atoms with Crippen LogP contribution in [-0.4, -0.2) is 31.1 Å². The number of hydrogen-bond acceptors (Lipinski definition) is 8. The number of carbonyl (C=O) groups excluding carboxylic acids is 2. The molecule has 1 aromatic rings. The van der Waals surface area contributed by atoms with Crippen LogP contribution < -0.4 is 5.32 Å². The van der Waals surface area contributed by atoms with Gasteiger partial charge in [0.1, 0.15) is 10.5 Å². The molecule has 1 aliphatic heterocycles. The Kier molecular flexibility index (Phi) is 4.72. The number of methoxy groups -OCH3 is 2. The Morgan fingerprint density at radius 3 is 2.42 bits per heavy atom. The highest BCUT2D eigenvalue weighted by atomic mass is 16.6. The molecule has 0 saturated heterocycles. The van der Waals surface area contributed by atoms with Gasteiger partial charge in [-0.3, -0.25) is 10.1 Å². The molecule has 1 atom stereocenters. The average Bonchev–Trinajstić information content (AvgIpc) is 3.03. The molecule has 1 aliphatic rings. The zero-order valence-corrected chi connectivity index (χ0v) is 13.5. The van der Waals surface area contributed by atoms with E-state index in [4.69, 9.17) is 13.9 Å². The van der Waals surface area contributed by atoms with Crippen molar-refractivity contribution in [1.29, 1.82) is 0 Å². The van der Waals surface area contributed by atoms with Crippen molar-refractivity contribution in [3.05, 3.63) is 50.4 Å². The minimum absolute atomic E-state index is 0.0769. The lowest BCUT2D eigenvalue weighted by molar-refractivity contribution is -0.403. The summed E-state index contributed by atoms with van der Waals surface area (Å²) >= 11 is 0. The smallest absolute Gasteiger partial charge is 0.438 e. The van der Waals surface area contributed by atoms with Gasteiger partial charge >= 0.3 is 17.8 Å². The predicted molar refractivity (Wildman–Crippen MR) is 80.7 cm³/mol. The number of allylic oxidation sites excluding steroid dienone is 1. The van der Waals surface area contributed by atoms with Crippen molar-refractivity contribution in [1.82, 2.24) is 5.32 Å². The Balaban J connectivity index is 2.65. The molecule has 0 amide bonds. The Labute approximate surface area is 137 Å². The zero-order valence-electron chi connectivity index (χ0n) is 13.5. The van der Waals surface area contributed by atoms with Crippen LogP contribution in [0.3, 0.4) is 0 Å². The van der Waals surface area contributed by atoms with Crippen molar-refractivity contribution in [3.8, 4) is 0 Å². The van der Waals surface area contributed by atoms with E-state index in [1.165, 1.54) is 20.3 Å². The molecular formula is C15H16N2O7. The largest absolute Gasteiger partial charge is 0.466 e. The summed E-state index contributed by atoms with van der Waals surface area (Å²) in [6.45, 7) is 3.17. The second kappa shape index (κ2) is 6.57. The Hall–Kier alpha value is -3.10. The van der Waals surface area contributed by atoms with E-state index >= 15 is 0 Å². The molecule has 9 heteroatoms. The van der Waals surface area contributed by atoms with Crippen LogP contribution in [0.25, 0.3) is 0 Å². The van der Waals surface area contributed by atoms with Crippen molar-refractivity contribution in [2.24, 2.45) is 0 Å². The fraction of sp³-hybridized carbons (Fsp3) is 0.333. The first-order chi connectivity index (χ1) is 11.3. The third kappa shape index (κ3) is 2.75. The summed E-state index contributed by atoms with van der Waals surface area (Å²) in [5, 5.41) is 14.0. The van der Waals surface area contributed by atoms with E-state index in [2.05, 4.69) is 5.32 Å². The van der Waals surface area contributed by atoms with E-state index in [1.807, 2.05) is 0 Å². The van der Waals surface area contributed by atoms with Gasteiger partial charge in [0, 0.05) is 5.70 Å². The standard InChI is InChI=1S/C15H16N2O7/c1-7-10(14(18)22-3)8(2)16-12(11(7)15(19)23-4)9-5-6-24-13(9)17(20)21/h5-6,12,16H,1-4H3. The molecule has 0 bridgehead atoms. The number of nitrogens with zero attached hydrogens (tertiary/aromatic N) is 1. The number of furan rings is 1. The van der Waals surface area contributed by atoms with Gasteiger partial charge in [-0.15, -0.1) is 0 Å². The molecule has 1 unspecified atom stereocenters. The van der Waals surface area contributed by atoms with Crippen molar-refractivity contribution in [3.63, 3.8) is 0 Å². The summed E-state index contributed by atoms with van der Waals surface area (Å²) in [7, 11) is 2.41. The highest BCUT2D eigenvalue weighted by Crippen LogP contribution is 2.38. The molecule has 24 heavy (non-hydrogen) atoms. The van der Waals surface area contributed by atoms with Crippen LogP contribution in [0.1, 0.15) is 25.5 Å². The molecule has 0 spiro atoms. The second-order valence-electron chi connectivity index (χ2n) is 5.04. The summed E-state index contributed by atoms with van der Waals surface area (Å²) < 4.78 is 14.4. The molecule has 0 fully saturated rings. The van der Waals surface area contributed by atoms with E-state index in [0.29, 0.717) is 11.3 Å². The number of esters is 2. The maximum absolute atomic E-state index is 12.2. The summed E-state index contributed by atoms with van der Waals surface area (Å²) in [5.74, 6) is -1.83. The maximum atomic E-state index is 12.2. The molecule has 1 N–H and O–H groups in total. The fourth-order valence-electron chi connectivity index (χ4n) is 2.69. The first-order valence-corrected chi connectivity index (χ1v) is 6.90. The van der Waals surface area contributed by atoms with Crippen LogP contribution in [0.15, 0.2) is 39.2 Å². The quantitative estimate of drug-likeness (QED) is 0.501. The van der Waals surface area contributed by atoms with E-state index in [0.717, 1.165) is 6.26 Å². The Bertz CT molecular complexity index is 773. The molecule has 9 nitrogen and oxygen atoms in total. The molecule has 1 aromatic heterocycles. The molecule has 2 rings (SSSR count). The number of rotatable bonds is 4. The molecule has 128 valence electrons. The van der Waals surface area contributed by atoms with E-state index in [9.17, 15) is 19.7 Å². The van der Waals surface area contributed by atoms with Crippen LogP contribution >= 0.6 is 0 Å². The summed E-state index contributed by atoms with van der Waals surface area (Å²) in [5.41, 5.74) is 1.16. The predicted octanol–water partition coefficient (Wildman–Crippen LogP) is 1.77. The SMILES string of the molecule is COC(=O)C1=C(C)NC(c2ccoc2[N+](=O)[O-])C(C(=O)OC)=C1C. The van der Waals surface area contributed by atoms with Gasteiger partial charge in [-0.05, 0) is 25.5 Å². The molecule has 0 saturated carbocycles. The first kappa shape index (κ1) is 17.3. The van der Waals surface area contributed by atoms with Gasteiger partial charge in [0.15, 0.2) is 0 Å². The van der Waals surface area contributed by atoms with Crippen LogP contribution in [0.5, 0.6) is 0 Å². The lowest BCUT2D eigenvalue weighted by atomic mass is 9.87. The first-order valence-electron chi connectivity index (χ1n) is 6.90. The zero-order chi connectivity index (χ0) is 18.0. The molecule has 0 aromatic carbocycles. The van der Waals surface area contributed by atoms with Crippen molar-refractivity contribution >= 4 is 17.8 Å². The summed E-state index contributed by atoms with van der Waals surface area (Å²) in [6, 6.07) is 0.507. The monoisotopic (exact) mass is 336 g/mol. The van der Waals surface area contributed by atoms with E-state index in [1.54, 1.807) is 13.8 Å². The third-order valence-electron chi connectivity index (χ3n) is 3.75.